The average molecular weight is 724 g/mol. The molecule has 0 saturated heterocycles. The zero-order valence-electron chi connectivity index (χ0n) is 33.0. The summed E-state index contributed by atoms with van der Waals surface area (Å²) >= 11 is 6.13. The fourth-order valence-electron chi connectivity index (χ4n) is 13.0. The van der Waals surface area contributed by atoms with Gasteiger partial charge in [-0.25, -0.2) is 0 Å². The van der Waals surface area contributed by atoms with Crippen molar-refractivity contribution in [3.63, 3.8) is 0 Å². The fraction of sp³-hybridized carbons (Fsp3) is 0.773. The molecule has 5 aliphatic rings. The number of allylic oxidation sites excluding steroid dienone is 2. The third-order valence-electron chi connectivity index (χ3n) is 16.5. The lowest BCUT2D eigenvalue weighted by molar-refractivity contribution is -0.305. The third kappa shape index (κ3) is 5.95. The highest BCUT2D eigenvalue weighted by atomic mass is 35.5. The van der Waals surface area contributed by atoms with E-state index in [9.17, 15) is 19.8 Å². The van der Waals surface area contributed by atoms with Crippen LogP contribution in [0.4, 0.5) is 0 Å². The maximum atomic E-state index is 13.1. The number of esters is 1. The van der Waals surface area contributed by atoms with Crippen molar-refractivity contribution in [3.05, 3.63) is 46.0 Å². The van der Waals surface area contributed by atoms with Gasteiger partial charge in [-0.3, -0.25) is 9.59 Å². The molecule has 284 valence electrons. The Bertz CT molecular complexity index is 1550. The first-order chi connectivity index (χ1) is 23.7. The van der Waals surface area contributed by atoms with Gasteiger partial charge in [0, 0.05) is 22.4 Å². The van der Waals surface area contributed by atoms with Gasteiger partial charge in [0.25, 0.3) is 0 Å². The molecule has 0 bridgehead atoms. The number of carbonyl (C=O) groups excluding carboxylic acids is 1. The largest absolute Gasteiger partial charge is 0.481 e. The van der Waals surface area contributed by atoms with E-state index in [0.717, 1.165) is 37.4 Å². The quantitative estimate of drug-likeness (QED) is 0.126. The summed E-state index contributed by atoms with van der Waals surface area (Å²) in [5.74, 6) is -0.00115. The van der Waals surface area contributed by atoms with Crippen LogP contribution in [0.1, 0.15) is 145 Å². The third-order valence-corrected chi connectivity index (χ3v) is 16.8. The maximum Gasteiger partial charge on any atom is 0.309 e. The van der Waals surface area contributed by atoms with Gasteiger partial charge in [-0.2, -0.15) is 0 Å². The Kier molecular flexibility index (Phi) is 10.0. The second-order valence-electron chi connectivity index (χ2n) is 19.8. The lowest BCUT2D eigenvalue weighted by Crippen LogP contribution is -2.73. The number of hydrogen-bond donors (Lipinski definition) is 3. The monoisotopic (exact) mass is 723 g/mol. The number of hydrogen-bond acceptors (Lipinski definition) is 5. The van der Waals surface area contributed by atoms with Gasteiger partial charge in [-0.15, -0.1) is 0 Å². The van der Waals surface area contributed by atoms with Crippen molar-refractivity contribution in [1.29, 1.82) is 0 Å². The molecule has 5 aliphatic carbocycles. The minimum atomic E-state index is -1.20. The number of fused-ring (bicyclic) bond motifs is 7. The summed E-state index contributed by atoms with van der Waals surface area (Å²) in [6, 6.07) is 8.18. The van der Waals surface area contributed by atoms with Gasteiger partial charge in [0.2, 0.25) is 0 Å². The van der Waals surface area contributed by atoms with Crippen LogP contribution in [0.25, 0.3) is 0 Å². The number of halogens is 1. The van der Waals surface area contributed by atoms with Gasteiger partial charge in [-0.05, 0) is 143 Å². The molecule has 0 aliphatic heterocycles. The molecular weight excluding hydrogens is 658 g/mol. The molecule has 0 heterocycles. The van der Waals surface area contributed by atoms with E-state index in [1.54, 1.807) is 19.4 Å². The molecule has 1 aromatic rings. The molecule has 6 rings (SSSR count). The Morgan fingerprint density at radius 2 is 1.59 bits per heavy atom. The van der Waals surface area contributed by atoms with E-state index in [4.69, 9.17) is 16.3 Å². The summed E-state index contributed by atoms with van der Waals surface area (Å²) in [6.45, 7) is 21.6. The zero-order valence-corrected chi connectivity index (χ0v) is 33.8. The molecule has 0 unspecified atom stereocenters. The van der Waals surface area contributed by atoms with E-state index in [2.05, 4.69) is 65.9 Å². The first-order valence-corrected chi connectivity index (χ1v) is 20.4. The molecule has 3 N–H and O–H groups in total. The maximum absolute atomic E-state index is 13.1. The van der Waals surface area contributed by atoms with Gasteiger partial charge < -0.3 is 20.3 Å². The number of carboxylic acids is 1. The van der Waals surface area contributed by atoms with Gasteiger partial charge in [0.1, 0.15) is 6.10 Å². The van der Waals surface area contributed by atoms with Crippen LogP contribution in [0.15, 0.2) is 35.4 Å². The van der Waals surface area contributed by atoms with Crippen LogP contribution < -0.4 is 5.32 Å². The Hall–Kier alpha value is -1.89. The molecule has 6 nitrogen and oxygen atoms in total. The molecule has 0 spiro atoms. The number of benzene rings is 1. The Morgan fingerprint density at radius 1 is 0.922 bits per heavy atom. The lowest BCUT2D eigenvalue weighted by atomic mass is 9.32. The van der Waals surface area contributed by atoms with E-state index in [1.807, 2.05) is 17.7 Å². The first kappa shape index (κ1) is 38.8. The number of ether oxygens (including phenoxy) is 1. The number of carbonyl (C=O) groups is 2. The van der Waals surface area contributed by atoms with Crippen LogP contribution in [0.3, 0.4) is 0 Å². The number of aliphatic hydroxyl groups is 1. The average Bonchev–Trinajstić information content (AvgIpc) is 3.44. The summed E-state index contributed by atoms with van der Waals surface area (Å²) in [7, 11) is 0. The summed E-state index contributed by atoms with van der Waals surface area (Å²) in [5.41, 5.74) is 2.16. The fourth-order valence-corrected chi connectivity index (χ4v) is 13.1. The van der Waals surface area contributed by atoms with E-state index < -0.39 is 34.5 Å². The molecule has 0 radical (unpaired) electrons. The minimum absolute atomic E-state index is 0.0820. The first-order valence-electron chi connectivity index (χ1n) is 20.0. The molecule has 0 aromatic heterocycles. The van der Waals surface area contributed by atoms with Crippen molar-refractivity contribution >= 4 is 23.5 Å². The highest BCUT2D eigenvalue weighted by molar-refractivity contribution is 6.30. The SMILES string of the molecule is CC(C)C1=C2[C@H]3CC[C@@H]4[C@@]5(C)CC[C@H](OC(=O)CC(C)(C)C(=O)O)C(C)(C)[C@]5(O)CC[C@@]4(C)[C@]3(C)CC[C@@]2(CCNCc2ccc(Cl)cc2)CC1. The van der Waals surface area contributed by atoms with Crippen molar-refractivity contribution in [2.45, 2.75) is 158 Å². The normalized spacial score (nSPS) is 38.8. The van der Waals surface area contributed by atoms with Gasteiger partial charge in [0.05, 0.1) is 17.4 Å². The predicted molar refractivity (Wildman–Crippen MR) is 204 cm³/mol. The lowest BCUT2D eigenvalue weighted by Gasteiger charge is -2.74. The summed E-state index contributed by atoms with van der Waals surface area (Å²) in [4.78, 5) is 24.8. The predicted octanol–water partition coefficient (Wildman–Crippen LogP) is 10.1. The number of nitrogens with one attached hydrogen (secondary N) is 1. The van der Waals surface area contributed by atoms with E-state index in [0.29, 0.717) is 30.6 Å². The van der Waals surface area contributed by atoms with Crippen LogP contribution in [-0.2, 0) is 20.9 Å². The van der Waals surface area contributed by atoms with Crippen molar-refractivity contribution in [3.8, 4) is 0 Å². The molecule has 4 fully saturated rings. The number of rotatable bonds is 10. The molecule has 7 heteroatoms. The summed E-state index contributed by atoms with van der Waals surface area (Å²) < 4.78 is 6.10. The van der Waals surface area contributed by atoms with Crippen molar-refractivity contribution in [2.75, 3.05) is 6.54 Å². The minimum Gasteiger partial charge on any atom is -0.481 e. The van der Waals surface area contributed by atoms with Crippen LogP contribution in [0, 0.1) is 50.2 Å². The Morgan fingerprint density at radius 3 is 2.24 bits per heavy atom. The van der Waals surface area contributed by atoms with Crippen molar-refractivity contribution < 1.29 is 24.5 Å². The second-order valence-corrected chi connectivity index (χ2v) is 20.3. The summed E-state index contributed by atoms with van der Waals surface area (Å²) in [5, 5.41) is 27.2. The Labute approximate surface area is 312 Å². The van der Waals surface area contributed by atoms with E-state index in [1.165, 1.54) is 44.1 Å². The van der Waals surface area contributed by atoms with Gasteiger partial charge >= 0.3 is 11.9 Å². The molecule has 51 heavy (non-hydrogen) atoms. The van der Waals surface area contributed by atoms with Gasteiger partial charge in [0.15, 0.2) is 0 Å². The standard InChI is InChI=1S/C44H66ClNO5/c1-28(2)31-16-19-43(24-25-46-27-29-10-12-30(45)13-11-29)22-20-40(7)32(36(31)43)14-15-33-41(40,8)21-23-44(50)39(5,6)34(17-18-42(33,44)9)51-35(47)26-38(3,4)37(48)49/h10-13,28,32-34,46,50H,14-27H2,1-9H3,(H,48,49)/t32-,33+,34+,40-,41-,42-,43-,44-/m1/s1. The molecule has 0 amide bonds. The number of aliphatic carboxylic acids is 1. The van der Waals surface area contributed by atoms with Crippen molar-refractivity contribution in [1.82, 2.24) is 5.32 Å². The van der Waals surface area contributed by atoms with Crippen LogP contribution in [-0.4, -0.2) is 40.4 Å². The van der Waals surface area contributed by atoms with Crippen LogP contribution in [0.5, 0.6) is 0 Å². The highest BCUT2D eigenvalue weighted by Gasteiger charge is 2.74. The second kappa shape index (κ2) is 13.1. The van der Waals surface area contributed by atoms with Crippen LogP contribution >= 0.6 is 11.6 Å². The zero-order chi connectivity index (χ0) is 37.4. The summed E-state index contributed by atoms with van der Waals surface area (Å²) in [6.07, 6.45) is 11.0. The smallest absolute Gasteiger partial charge is 0.309 e. The molecule has 4 saturated carbocycles. The van der Waals surface area contributed by atoms with E-state index in [-0.39, 0.29) is 28.1 Å². The van der Waals surface area contributed by atoms with E-state index >= 15 is 0 Å². The Balaban J connectivity index is 1.24. The molecule has 1 aromatic carbocycles. The van der Waals surface area contributed by atoms with Crippen LogP contribution in [0.2, 0.25) is 5.02 Å². The topological polar surface area (TPSA) is 95.9 Å². The highest BCUT2D eigenvalue weighted by Crippen LogP contribution is 2.78. The molecule has 8 atom stereocenters. The number of carboxylic acid groups (broad SMARTS) is 1. The molecular formula is C44H66ClNO5. The van der Waals surface area contributed by atoms with Crippen molar-refractivity contribution in [2.24, 2.45) is 50.2 Å². The van der Waals surface area contributed by atoms with Gasteiger partial charge in [-0.1, -0.05) is 83.3 Å².